The smallest absolute Gasteiger partial charge is 0.161 e. The van der Waals surface area contributed by atoms with Crippen LogP contribution in [-0.2, 0) is 22.3 Å². The van der Waals surface area contributed by atoms with Gasteiger partial charge in [0.2, 0.25) is 0 Å². The first-order valence-corrected chi connectivity index (χ1v) is 14.7. The minimum absolute atomic E-state index is 0.0878. The summed E-state index contributed by atoms with van der Waals surface area (Å²) in [5.74, 6) is 1.22. The third-order valence-electron chi connectivity index (χ3n) is 8.86. The molecule has 2 atom stereocenters. The second kappa shape index (κ2) is 12.7. The molecule has 0 radical (unpaired) electrons. The van der Waals surface area contributed by atoms with Gasteiger partial charge in [-0.1, -0.05) is 24.8 Å². The predicted molar refractivity (Wildman–Crippen MR) is 161 cm³/mol. The lowest BCUT2D eigenvalue weighted by molar-refractivity contribution is -0.101. The third kappa shape index (κ3) is 6.51. The molecule has 0 spiro atoms. The first kappa shape index (κ1) is 28.6. The number of aryl methyl sites for hydroxylation is 2. The Labute approximate surface area is 239 Å². The van der Waals surface area contributed by atoms with Crippen LogP contribution in [0.3, 0.4) is 0 Å². The second-order valence-corrected chi connectivity index (χ2v) is 11.6. The SMILES string of the molecule is C=C(/C=C(\C)C(=N)c1ccc(OCC2COCCO2)c(OC)c1)c1ccc2c(c1)CCC(C)(N1CCCC1)CC2. The summed E-state index contributed by atoms with van der Waals surface area (Å²) in [6.07, 6.45) is 9.29. The number of nitrogens with zero attached hydrogens (tertiary/aromatic N) is 1. The number of fused-ring (bicyclic) bond motifs is 1. The summed E-state index contributed by atoms with van der Waals surface area (Å²) in [7, 11) is 1.62. The number of ether oxygens (including phenoxy) is 4. The number of nitrogens with one attached hydrogen (secondary N) is 1. The Morgan fingerprint density at radius 3 is 2.52 bits per heavy atom. The van der Waals surface area contributed by atoms with E-state index in [-0.39, 0.29) is 6.10 Å². The topological polar surface area (TPSA) is 64.0 Å². The number of benzene rings is 2. The van der Waals surface area contributed by atoms with Crippen LogP contribution in [0.25, 0.3) is 5.57 Å². The van der Waals surface area contributed by atoms with Crippen LogP contribution in [0, 0.1) is 5.41 Å². The van der Waals surface area contributed by atoms with Crippen molar-refractivity contribution in [2.75, 3.05) is 46.6 Å². The maximum Gasteiger partial charge on any atom is 0.161 e. The number of allylic oxidation sites excluding steroid dienone is 3. The summed E-state index contributed by atoms with van der Waals surface area (Å²) >= 11 is 0. The third-order valence-corrected chi connectivity index (χ3v) is 8.86. The minimum Gasteiger partial charge on any atom is -0.493 e. The van der Waals surface area contributed by atoms with Crippen molar-refractivity contribution in [1.29, 1.82) is 5.41 Å². The summed E-state index contributed by atoms with van der Waals surface area (Å²) in [4.78, 5) is 2.73. The molecular weight excluding hydrogens is 500 g/mol. The zero-order valence-electron chi connectivity index (χ0n) is 24.4. The Kier molecular flexibility index (Phi) is 9.09. The van der Waals surface area contributed by atoms with Crippen LogP contribution in [0.15, 0.2) is 54.6 Å². The van der Waals surface area contributed by atoms with Crippen molar-refractivity contribution in [3.05, 3.63) is 76.9 Å². The fourth-order valence-corrected chi connectivity index (χ4v) is 6.21. The van der Waals surface area contributed by atoms with Crippen LogP contribution in [0.2, 0.25) is 0 Å². The van der Waals surface area contributed by atoms with Crippen molar-refractivity contribution in [1.82, 2.24) is 4.90 Å². The average molecular weight is 545 g/mol. The van der Waals surface area contributed by atoms with E-state index in [1.807, 2.05) is 31.2 Å². The van der Waals surface area contributed by atoms with Crippen LogP contribution in [-0.4, -0.2) is 68.9 Å². The van der Waals surface area contributed by atoms with Crippen molar-refractivity contribution in [2.24, 2.45) is 0 Å². The Hall–Kier alpha value is -2.93. The van der Waals surface area contributed by atoms with E-state index in [2.05, 4.69) is 36.6 Å². The maximum atomic E-state index is 8.86. The fourth-order valence-electron chi connectivity index (χ4n) is 6.21. The lowest BCUT2D eigenvalue weighted by Gasteiger charge is -2.38. The molecule has 1 aliphatic carbocycles. The fraction of sp³-hybridized carbons (Fsp3) is 0.500. The van der Waals surface area contributed by atoms with Gasteiger partial charge in [0.15, 0.2) is 11.5 Å². The molecule has 1 N–H and O–H groups in total. The molecule has 5 rings (SSSR count). The molecule has 3 aliphatic rings. The van der Waals surface area contributed by atoms with E-state index in [1.165, 1.54) is 49.9 Å². The molecular formula is C34H44N2O4. The van der Waals surface area contributed by atoms with Gasteiger partial charge in [-0.15, -0.1) is 0 Å². The van der Waals surface area contributed by atoms with Crippen molar-refractivity contribution in [3.63, 3.8) is 0 Å². The number of hydrogen-bond acceptors (Lipinski definition) is 6. The van der Waals surface area contributed by atoms with E-state index >= 15 is 0 Å². The molecule has 40 heavy (non-hydrogen) atoms. The lowest BCUT2D eigenvalue weighted by atomic mass is 9.90. The molecule has 214 valence electrons. The van der Waals surface area contributed by atoms with Crippen molar-refractivity contribution in [2.45, 2.75) is 64.0 Å². The van der Waals surface area contributed by atoms with E-state index in [0.717, 1.165) is 35.1 Å². The van der Waals surface area contributed by atoms with Crippen LogP contribution in [0.1, 0.15) is 61.8 Å². The molecule has 6 heteroatoms. The van der Waals surface area contributed by atoms with Gasteiger partial charge < -0.3 is 18.9 Å². The first-order chi connectivity index (χ1) is 19.4. The summed E-state index contributed by atoms with van der Waals surface area (Å²) in [6.45, 7) is 13.4. The van der Waals surface area contributed by atoms with Gasteiger partial charge in [-0.3, -0.25) is 10.3 Å². The van der Waals surface area contributed by atoms with Gasteiger partial charge in [0.25, 0.3) is 0 Å². The lowest BCUT2D eigenvalue weighted by Crippen LogP contribution is -2.44. The molecule has 2 aliphatic heterocycles. The van der Waals surface area contributed by atoms with Crippen molar-refractivity contribution in [3.8, 4) is 11.5 Å². The van der Waals surface area contributed by atoms with Gasteiger partial charge in [-0.2, -0.15) is 0 Å². The Morgan fingerprint density at radius 1 is 1.05 bits per heavy atom. The molecule has 2 fully saturated rings. The first-order valence-electron chi connectivity index (χ1n) is 14.7. The molecule has 6 nitrogen and oxygen atoms in total. The number of hydrogen-bond donors (Lipinski definition) is 1. The van der Waals surface area contributed by atoms with Crippen LogP contribution < -0.4 is 9.47 Å². The van der Waals surface area contributed by atoms with Gasteiger partial charge in [0, 0.05) is 11.1 Å². The van der Waals surface area contributed by atoms with Gasteiger partial charge >= 0.3 is 0 Å². The van der Waals surface area contributed by atoms with Gasteiger partial charge in [0.05, 0.1) is 32.6 Å². The van der Waals surface area contributed by atoms with E-state index < -0.39 is 0 Å². The maximum absolute atomic E-state index is 8.86. The summed E-state index contributed by atoms with van der Waals surface area (Å²) in [6, 6.07) is 12.4. The number of rotatable bonds is 9. The molecule has 0 amide bonds. The highest BCUT2D eigenvalue weighted by molar-refractivity contribution is 6.11. The van der Waals surface area contributed by atoms with E-state index in [0.29, 0.717) is 49.2 Å². The highest BCUT2D eigenvalue weighted by Gasteiger charge is 2.34. The summed E-state index contributed by atoms with van der Waals surface area (Å²) < 4.78 is 22.6. The highest BCUT2D eigenvalue weighted by atomic mass is 16.6. The molecule has 2 aromatic carbocycles. The van der Waals surface area contributed by atoms with Crippen LogP contribution in [0.4, 0.5) is 0 Å². The normalized spacial score (nSPS) is 23.8. The van der Waals surface area contributed by atoms with E-state index in [1.54, 1.807) is 7.11 Å². The molecule has 0 bridgehead atoms. The molecule has 2 saturated heterocycles. The zero-order chi connectivity index (χ0) is 28.1. The largest absolute Gasteiger partial charge is 0.493 e. The van der Waals surface area contributed by atoms with Gasteiger partial charge in [-0.25, -0.2) is 0 Å². The number of methoxy groups -OCH3 is 1. The van der Waals surface area contributed by atoms with E-state index in [9.17, 15) is 0 Å². The zero-order valence-corrected chi connectivity index (χ0v) is 24.4. The minimum atomic E-state index is -0.0878. The Morgan fingerprint density at radius 2 is 1.80 bits per heavy atom. The average Bonchev–Trinajstić information content (AvgIpc) is 3.48. The van der Waals surface area contributed by atoms with Gasteiger partial charge in [-0.05, 0) is 118 Å². The molecule has 0 aromatic heterocycles. The molecule has 2 unspecified atom stereocenters. The Balaban J connectivity index is 1.24. The monoisotopic (exact) mass is 544 g/mol. The molecule has 2 aromatic rings. The van der Waals surface area contributed by atoms with Crippen molar-refractivity contribution >= 4 is 11.3 Å². The predicted octanol–water partition coefficient (Wildman–Crippen LogP) is 6.25. The Bertz CT molecular complexity index is 1260. The summed E-state index contributed by atoms with van der Waals surface area (Å²) in [5.41, 5.74) is 7.35. The van der Waals surface area contributed by atoms with E-state index in [4.69, 9.17) is 24.4 Å². The van der Waals surface area contributed by atoms with Crippen molar-refractivity contribution < 1.29 is 18.9 Å². The van der Waals surface area contributed by atoms with Crippen LogP contribution in [0.5, 0.6) is 11.5 Å². The number of likely N-dealkylation sites (tertiary alicyclic amines) is 1. The highest BCUT2D eigenvalue weighted by Crippen LogP contribution is 2.35. The second-order valence-electron chi connectivity index (χ2n) is 11.6. The molecule has 2 heterocycles. The summed E-state index contributed by atoms with van der Waals surface area (Å²) in [5, 5.41) is 8.86. The van der Waals surface area contributed by atoms with Gasteiger partial charge in [0.1, 0.15) is 12.7 Å². The van der Waals surface area contributed by atoms with Crippen LogP contribution >= 0.6 is 0 Å². The quantitative estimate of drug-likeness (QED) is 0.230. The standard InChI is InChI=1S/C34H44N2O4/c1-24(27-8-7-26-11-13-34(3,14-12-28(26)20-27)36-15-5-6-16-36)19-25(2)33(35)29-9-10-31(32(21-29)37-4)40-23-30-22-38-17-18-39-30/h7-10,19-21,30,35H,1,5-6,11-18,22-23H2,2-4H3/b25-19+,35-33?. The molecule has 0 saturated carbocycles.